The summed E-state index contributed by atoms with van der Waals surface area (Å²) in [6, 6.07) is 0.280. The Kier molecular flexibility index (Phi) is 3.74. The summed E-state index contributed by atoms with van der Waals surface area (Å²) in [4.78, 5) is 0. The van der Waals surface area contributed by atoms with E-state index in [1.165, 1.54) is 38.5 Å². The number of aromatic nitrogens is 2. The van der Waals surface area contributed by atoms with Crippen molar-refractivity contribution < 1.29 is 5.11 Å². The summed E-state index contributed by atoms with van der Waals surface area (Å²) in [5, 5.41) is 15.6. The largest absolute Gasteiger partial charge is 0.384 e. The molecule has 3 nitrogen and oxygen atoms in total. The van der Waals surface area contributed by atoms with Gasteiger partial charge in [0.1, 0.15) is 5.60 Å². The maximum atomic E-state index is 11.2. The molecule has 0 saturated heterocycles. The zero-order valence-electron chi connectivity index (χ0n) is 12.5. The lowest BCUT2D eigenvalue weighted by Crippen LogP contribution is -2.38. The Labute approximate surface area is 129 Å². The minimum absolute atomic E-state index is 0.280. The fraction of sp³-hybridized carbons (Fsp3) is 0.812. The van der Waals surface area contributed by atoms with Crippen LogP contribution in [0.2, 0.25) is 0 Å². The van der Waals surface area contributed by atoms with Crippen LogP contribution in [0.4, 0.5) is 0 Å². The number of nitrogens with zero attached hydrogens (tertiary/aromatic N) is 2. The Morgan fingerprint density at radius 2 is 1.75 bits per heavy atom. The minimum atomic E-state index is -0.701. The number of hydrogen-bond acceptors (Lipinski definition) is 2. The SMILES string of the molecule is CC(C)n1ncc(Br)c1C1(O)CCC2(CCCC2)CC1. The second-order valence-electron chi connectivity index (χ2n) is 7.12. The molecule has 0 radical (unpaired) electrons. The molecule has 20 heavy (non-hydrogen) atoms. The zero-order valence-corrected chi connectivity index (χ0v) is 14.1. The molecule has 0 amide bonds. The average molecular weight is 341 g/mol. The molecular weight excluding hydrogens is 316 g/mol. The van der Waals surface area contributed by atoms with Crippen molar-refractivity contribution in [3.8, 4) is 0 Å². The van der Waals surface area contributed by atoms with Crippen LogP contribution in [0.1, 0.15) is 76.9 Å². The van der Waals surface area contributed by atoms with Gasteiger partial charge in [-0.05, 0) is 73.7 Å². The summed E-state index contributed by atoms with van der Waals surface area (Å²) in [7, 11) is 0. The fourth-order valence-electron chi connectivity index (χ4n) is 4.22. The van der Waals surface area contributed by atoms with Gasteiger partial charge in [0.25, 0.3) is 0 Å². The van der Waals surface area contributed by atoms with Gasteiger partial charge in [0, 0.05) is 6.04 Å². The molecule has 0 atom stereocenters. The molecule has 1 spiro atoms. The summed E-state index contributed by atoms with van der Waals surface area (Å²) in [6.07, 6.45) is 11.4. The van der Waals surface area contributed by atoms with Crippen LogP contribution in [-0.4, -0.2) is 14.9 Å². The van der Waals surface area contributed by atoms with Gasteiger partial charge in [-0.3, -0.25) is 4.68 Å². The molecule has 1 heterocycles. The van der Waals surface area contributed by atoms with Crippen LogP contribution in [0.15, 0.2) is 10.7 Å². The van der Waals surface area contributed by atoms with Gasteiger partial charge in [-0.1, -0.05) is 12.8 Å². The molecule has 0 aromatic carbocycles. The first kappa shape index (κ1) is 14.6. The van der Waals surface area contributed by atoms with E-state index in [-0.39, 0.29) is 6.04 Å². The first-order valence-electron chi connectivity index (χ1n) is 7.92. The lowest BCUT2D eigenvalue weighted by Gasteiger charge is -2.42. The summed E-state index contributed by atoms with van der Waals surface area (Å²) in [6.45, 7) is 4.24. The van der Waals surface area contributed by atoms with E-state index in [1.807, 2.05) is 10.9 Å². The number of halogens is 1. The van der Waals surface area contributed by atoms with Crippen LogP contribution >= 0.6 is 15.9 Å². The predicted octanol–water partition coefficient (Wildman–Crippen LogP) is 4.55. The zero-order chi connectivity index (χ0) is 14.4. The van der Waals surface area contributed by atoms with Crippen LogP contribution < -0.4 is 0 Å². The fourth-order valence-corrected chi connectivity index (χ4v) is 4.87. The van der Waals surface area contributed by atoms with Crippen LogP contribution in [0.5, 0.6) is 0 Å². The van der Waals surface area contributed by atoms with Gasteiger partial charge in [0.2, 0.25) is 0 Å². The van der Waals surface area contributed by atoms with Gasteiger partial charge in [0.15, 0.2) is 0 Å². The first-order valence-corrected chi connectivity index (χ1v) is 8.71. The van der Waals surface area contributed by atoms with Crippen LogP contribution in [-0.2, 0) is 5.60 Å². The van der Waals surface area contributed by atoms with Crippen molar-refractivity contribution in [1.82, 2.24) is 9.78 Å². The van der Waals surface area contributed by atoms with Crippen molar-refractivity contribution in [2.24, 2.45) is 5.41 Å². The molecule has 2 aliphatic carbocycles. The molecule has 2 aliphatic rings. The Balaban J connectivity index is 1.85. The molecule has 4 heteroatoms. The van der Waals surface area contributed by atoms with Gasteiger partial charge < -0.3 is 5.11 Å². The average Bonchev–Trinajstić information content (AvgIpc) is 3.01. The number of aliphatic hydroxyl groups is 1. The molecule has 2 saturated carbocycles. The molecule has 3 rings (SSSR count). The van der Waals surface area contributed by atoms with E-state index in [4.69, 9.17) is 0 Å². The Morgan fingerprint density at radius 3 is 2.30 bits per heavy atom. The van der Waals surface area contributed by atoms with Gasteiger partial charge in [0.05, 0.1) is 16.4 Å². The third-order valence-electron chi connectivity index (χ3n) is 5.48. The maximum Gasteiger partial charge on any atom is 0.107 e. The highest BCUT2D eigenvalue weighted by Crippen LogP contribution is 2.54. The molecule has 0 aliphatic heterocycles. The summed E-state index contributed by atoms with van der Waals surface area (Å²) >= 11 is 3.59. The summed E-state index contributed by atoms with van der Waals surface area (Å²) in [5.74, 6) is 0. The van der Waals surface area contributed by atoms with Crippen LogP contribution in [0.3, 0.4) is 0 Å². The lowest BCUT2D eigenvalue weighted by molar-refractivity contribution is -0.0452. The van der Waals surface area contributed by atoms with Crippen LogP contribution in [0, 0.1) is 5.41 Å². The molecule has 1 N–H and O–H groups in total. The molecule has 112 valence electrons. The van der Waals surface area contributed by atoms with Gasteiger partial charge in [-0.25, -0.2) is 0 Å². The summed E-state index contributed by atoms with van der Waals surface area (Å²) in [5.41, 5.74) is 0.829. The topological polar surface area (TPSA) is 38.0 Å². The molecule has 0 unspecified atom stereocenters. The smallest absolute Gasteiger partial charge is 0.107 e. The highest BCUT2D eigenvalue weighted by atomic mass is 79.9. The second kappa shape index (κ2) is 5.13. The molecule has 2 fully saturated rings. The highest BCUT2D eigenvalue weighted by Gasteiger charge is 2.46. The van der Waals surface area contributed by atoms with E-state index < -0.39 is 5.60 Å². The van der Waals surface area contributed by atoms with E-state index in [1.54, 1.807) is 0 Å². The Bertz CT molecular complexity index is 479. The number of hydrogen-bond donors (Lipinski definition) is 1. The lowest BCUT2D eigenvalue weighted by atomic mass is 9.67. The maximum absolute atomic E-state index is 11.2. The molecule has 0 bridgehead atoms. The van der Waals surface area contributed by atoms with Crippen molar-refractivity contribution in [2.75, 3.05) is 0 Å². The minimum Gasteiger partial charge on any atom is -0.384 e. The Morgan fingerprint density at radius 1 is 1.15 bits per heavy atom. The van der Waals surface area contributed by atoms with Gasteiger partial charge in [-0.15, -0.1) is 0 Å². The molecule has 1 aromatic rings. The third-order valence-corrected chi connectivity index (χ3v) is 6.06. The monoisotopic (exact) mass is 340 g/mol. The summed E-state index contributed by atoms with van der Waals surface area (Å²) < 4.78 is 2.94. The third kappa shape index (κ3) is 2.35. The van der Waals surface area contributed by atoms with E-state index in [0.29, 0.717) is 5.41 Å². The normalized spacial score (nSPS) is 24.6. The van der Waals surface area contributed by atoms with Crippen molar-refractivity contribution >= 4 is 15.9 Å². The van der Waals surface area contributed by atoms with E-state index in [9.17, 15) is 5.11 Å². The van der Waals surface area contributed by atoms with Gasteiger partial charge >= 0.3 is 0 Å². The molecular formula is C16H25BrN2O. The van der Waals surface area contributed by atoms with Crippen molar-refractivity contribution in [1.29, 1.82) is 0 Å². The highest BCUT2D eigenvalue weighted by molar-refractivity contribution is 9.10. The standard InChI is InChI=1S/C16H25BrN2O/c1-12(2)19-14(13(17)11-18-19)16(20)9-7-15(8-10-16)5-3-4-6-15/h11-12,20H,3-10H2,1-2H3. The van der Waals surface area contributed by atoms with Crippen molar-refractivity contribution in [2.45, 2.75) is 76.9 Å². The predicted molar refractivity (Wildman–Crippen MR) is 83.6 cm³/mol. The van der Waals surface area contributed by atoms with Crippen molar-refractivity contribution in [3.63, 3.8) is 0 Å². The van der Waals surface area contributed by atoms with Crippen molar-refractivity contribution in [3.05, 3.63) is 16.4 Å². The quantitative estimate of drug-likeness (QED) is 0.857. The number of rotatable bonds is 2. The van der Waals surface area contributed by atoms with E-state index >= 15 is 0 Å². The van der Waals surface area contributed by atoms with Crippen LogP contribution in [0.25, 0.3) is 0 Å². The van der Waals surface area contributed by atoms with Gasteiger partial charge in [-0.2, -0.15) is 5.10 Å². The van der Waals surface area contributed by atoms with E-state index in [0.717, 1.165) is 23.0 Å². The van der Waals surface area contributed by atoms with E-state index in [2.05, 4.69) is 34.9 Å². The Hall–Kier alpha value is -0.350. The molecule has 1 aromatic heterocycles. The second-order valence-corrected chi connectivity index (χ2v) is 7.97. The first-order chi connectivity index (χ1) is 9.46.